The highest BCUT2D eigenvalue weighted by Gasteiger charge is 2.12. The van der Waals surface area contributed by atoms with Crippen LogP contribution in [0.1, 0.15) is 124 Å². The Labute approximate surface area is 233 Å². The first-order valence-electron chi connectivity index (χ1n) is 15.3. The zero-order valence-electron chi connectivity index (χ0n) is 25.0. The van der Waals surface area contributed by atoms with E-state index in [1.165, 1.54) is 89.9 Å². The number of rotatable bonds is 24. The maximum Gasteiger partial charge on any atom is 0.338 e. The molecule has 218 valence electrons. The van der Waals surface area contributed by atoms with Crippen molar-refractivity contribution in [2.24, 2.45) is 0 Å². The predicted molar refractivity (Wildman–Crippen MR) is 158 cm³/mol. The molecule has 0 amide bonds. The van der Waals surface area contributed by atoms with Gasteiger partial charge in [-0.05, 0) is 64.3 Å². The molecule has 0 aliphatic heterocycles. The number of benzene rings is 1. The Morgan fingerprint density at radius 3 is 1.18 bits per heavy atom. The summed E-state index contributed by atoms with van der Waals surface area (Å²) in [4.78, 5) is 29.1. The molecular weight excluding hydrogens is 476 g/mol. The second kappa shape index (κ2) is 23.0. The lowest BCUT2D eigenvalue weighted by Gasteiger charge is -2.16. The summed E-state index contributed by atoms with van der Waals surface area (Å²) in [6.45, 7) is 8.70. The van der Waals surface area contributed by atoms with Crippen LogP contribution in [-0.2, 0) is 9.47 Å². The zero-order valence-corrected chi connectivity index (χ0v) is 25.0. The molecule has 0 radical (unpaired) electrons. The molecule has 0 atom stereocenters. The summed E-state index contributed by atoms with van der Waals surface area (Å²) in [5.41, 5.74) is 0.899. The molecule has 0 fully saturated rings. The third-order valence-electron chi connectivity index (χ3n) is 7.06. The molecule has 1 rings (SSSR count). The van der Waals surface area contributed by atoms with Crippen LogP contribution in [-0.4, -0.2) is 75.2 Å². The van der Waals surface area contributed by atoms with Gasteiger partial charge in [0.2, 0.25) is 0 Å². The lowest BCUT2D eigenvalue weighted by atomic mass is 10.1. The SMILES string of the molecule is CCCCCCCCCN(C)CCOC(=O)c1ccc(C(=O)OCCN(C)CCCCCCCCC)cc1. The van der Waals surface area contributed by atoms with E-state index in [4.69, 9.17) is 9.47 Å². The molecule has 0 N–H and O–H groups in total. The van der Waals surface area contributed by atoms with Crippen LogP contribution in [0.15, 0.2) is 24.3 Å². The number of hydrogen-bond acceptors (Lipinski definition) is 6. The Morgan fingerprint density at radius 1 is 0.526 bits per heavy atom. The van der Waals surface area contributed by atoms with Gasteiger partial charge in [0.05, 0.1) is 11.1 Å². The first kappa shape index (κ1) is 34.1. The smallest absolute Gasteiger partial charge is 0.338 e. The Bertz CT molecular complexity index is 662. The van der Waals surface area contributed by atoms with Gasteiger partial charge in [-0.1, -0.05) is 90.9 Å². The van der Waals surface area contributed by atoms with Crippen molar-refractivity contribution in [1.29, 1.82) is 0 Å². The minimum absolute atomic E-state index is 0.360. The highest BCUT2D eigenvalue weighted by atomic mass is 16.5. The lowest BCUT2D eigenvalue weighted by Crippen LogP contribution is -2.25. The van der Waals surface area contributed by atoms with Crippen molar-refractivity contribution in [2.45, 2.75) is 104 Å². The van der Waals surface area contributed by atoms with Crippen LogP contribution >= 0.6 is 0 Å². The molecule has 1 aromatic rings. The van der Waals surface area contributed by atoms with Gasteiger partial charge in [-0.15, -0.1) is 0 Å². The van der Waals surface area contributed by atoms with Crippen LogP contribution in [0.2, 0.25) is 0 Å². The molecule has 0 aliphatic carbocycles. The summed E-state index contributed by atoms with van der Waals surface area (Å²) < 4.78 is 10.8. The predicted octanol–water partition coefficient (Wildman–Crippen LogP) is 7.37. The fourth-order valence-electron chi connectivity index (χ4n) is 4.40. The van der Waals surface area contributed by atoms with E-state index in [0.29, 0.717) is 24.3 Å². The Morgan fingerprint density at radius 2 is 0.842 bits per heavy atom. The Kier molecular flexibility index (Phi) is 20.7. The monoisotopic (exact) mass is 532 g/mol. The molecule has 1 aromatic carbocycles. The number of carbonyl (C=O) groups excluding carboxylic acids is 2. The fourth-order valence-corrected chi connectivity index (χ4v) is 4.40. The number of nitrogens with zero attached hydrogens (tertiary/aromatic N) is 2. The normalized spacial score (nSPS) is 11.3. The van der Waals surface area contributed by atoms with Crippen LogP contribution in [0, 0.1) is 0 Å². The van der Waals surface area contributed by atoms with Crippen molar-refractivity contribution in [3.63, 3.8) is 0 Å². The topological polar surface area (TPSA) is 59.1 Å². The molecule has 0 saturated heterocycles. The van der Waals surface area contributed by atoms with E-state index < -0.39 is 0 Å². The lowest BCUT2D eigenvalue weighted by molar-refractivity contribution is 0.0458. The number of hydrogen-bond donors (Lipinski definition) is 0. The van der Waals surface area contributed by atoms with Crippen LogP contribution < -0.4 is 0 Å². The van der Waals surface area contributed by atoms with Crippen molar-refractivity contribution in [1.82, 2.24) is 9.80 Å². The van der Waals surface area contributed by atoms with Crippen LogP contribution in [0.25, 0.3) is 0 Å². The van der Waals surface area contributed by atoms with Gasteiger partial charge in [0, 0.05) is 13.1 Å². The molecule has 0 heterocycles. The standard InChI is InChI=1S/C32H56N2O4/c1-5-7-9-11-13-15-17-23-33(3)25-27-37-31(35)29-19-21-30(22-20-29)32(36)38-28-26-34(4)24-18-16-14-12-10-8-6-2/h19-22H,5-18,23-28H2,1-4H3. The number of ether oxygens (including phenoxy) is 2. The van der Waals surface area contributed by atoms with Crippen LogP contribution in [0.4, 0.5) is 0 Å². The minimum Gasteiger partial charge on any atom is -0.461 e. The average Bonchev–Trinajstić information content (AvgIpc) is 2.92. The van der Waals surface area contributed by atoms with E-state index >= 15 is 0 Å². The van der Waals surface area contributed by atoms with Crippen molar-refractivity contribution in [3.05, 3.63) is 35.4 Å². The van der Waals surface area contributed by atoms with Gasteiger partial charge in [-0.2, -0.15) is 0 Å². The fraction of sp³-hybridized carbons (Fsp3) is 0.750. The van der Waals surface area contributed by atoms with Gasteiger partial charge < -0.3 is 19.3 Å². The summed E-state index contributed by atoms with van der Waals surface area (Å²) in [5, 5.41) is 0. The molecule has 0 bridgehead atoms. The number of unbranched alkanes of at least 4 members (excludes halogenated alkanes) is 12. The van der Waals surface area contributed by atoms with E-state index in [-0.39, 0.29) is 11.9 Å². The molecule has 0 unspecified atom stereocenters. The number of carbonyl (C=O) groups is 2. The summed E-state index contributed by atoms with van der Waals surface area (Å²) in [7, 11) is 4.14. The average molecular weight is 533 g/mol. The Balaban J connectivity index is 2.16. The summed E-state index contributed by atoms with van der Waals surface area (Å²) in [6, 6.07) is 6.53. The molecule has 6 heteroatoms. The minimum atomic E-state index is -0.360. The van der Waals surface area contributed by atoms with Gasteiger partial charge >= 0.3 is 11.9 Å². The second-order valence-electron chi connectivity index (χ2n) is 10.7. The highest BCUT2D eigenvalue weighted by Crippen LogP contribution is 2.10. The maximum absolute atomic E-state index is 12.4. The van der Waals surface area contributed by atoms with Crippen molar-refractivity contribution < 1.29 is 19.1 Å². The van der Waals surface area contributed by atoms with Gasteiger partial charge in [0.25, 0.3) is 0 Å². The quantitative estimate of drug-likeness (QED) is 0.102. The maximum atomic E-state index is 12.4. The summed E-state index contributed by atoms with van der Waals surface area (Å²) in [5.74, 6) is -0.720. The number of likely N-dealkylation sites (N-methyl/N-ethyl adjacent to an activating group) is 2. The molecule has 0 aliphatic rings. The summed E-state index contributed by atoms with van der Waals surface area (Å²) in [6.07, 6.45) is 18.1. The second-order valence-corrected chi connectivity index (χ2v) is 10.7. The van der Waals surface area contributed by atoms with Gasteiger partial charge in [-0.25, -0.2) is 9.59 Å². The van der Waals surface area contributed by atoms with Crippen molar-refractivity contribution in [2.75, 3.05) is 53.5 Å². The van der Waals surface area contributed by atoms with E-state index in [1.54, 1.807) is 24.3 Å². The molecular formula is C32H56N2O4. The molecule has 6 nitrogen and oxygen atoms in total. The highest BCUT2D eigenvalue weighted by molar-refractivity contribution is 5.93. The van der Waals surface area contributed by atoms with E-state index in [9.17, 15) is 9.59 Å². The van der Waals surface area contributed by atoms with Gasteiger partial charge in [-0.3, -0.25) is 0 Å². The van der Waals surface area contributed by atoms with Gasteiger partial charge in [0.1, 0.15) is 13.2 Å². The largest absolute Gasteiger partial charge is 0.461 e. The van der Waals surface area contributed by atoms with Crippen LogP contribution in [0.3, 0.4) is 0 Å². The molecule has 0 saturated carbocycles. The van der Waals surface area contributed by atoms with E-state index in [1.807, 2.05) is 0 Å². The molecule has 0 aromatic heterocycles. The first-order valence-corrected chi connectivity index (χ1v) is 15.3. The molecule has 0 spiro atoms. The molecule has 38 heavy (non-hydrogen) atoms. The zero-order chi connectivity index (χ0) is 27.8. The number of esters is 2. The first-order chi connectivity index (χ1) is 18.5. The third kappa shape index (κ3) is 17.6. The summed E-state index contributed by atoms with van der Waals surface area (Å²) >= 11 is 0. The van der Waals surface area contributed by atoms with Gasteiger partial charge in [0.15, 0.2) is 0 Å². The third-order valence-corrected chi connectivity index (χ3v) is 7.06. The van der Waals surface area contributed by atoms with Crippen LogP contribution in [0.5, 0.6) is 0 Å². The van der Waals surface area contributed by atoms with E-state index in [2.05, 4.69) is 37.7 Å². The Hall–Kier alpha value is -1.92. The van der Waals surface area contributed by atoms with Crippen molar-refractivity contribution >= 4 is 11.9 Å². The van der Waals surface area contributed by atoms with Crippen molar-refractivity contribution in [3.8, 4) is 0 Å². The van der Waals surface area contributed by atoms with E-state index in [0.717, 1.165) is 26.2 Å².